The molecule has 2 heterocycles. The van der Waals surface area contributed by atoms with Crippen molar-refractivity contribution in [2.24, 2.45) is 0 Å². The van der Waals surface area contributed by atoms with Gasteiger partial charge < -0.3 is 9.73 Å². The van der Waals surface area contributed by atoms with Crippen LogP contribution in [-0.4, -0.2) is 20.7 Å². The van der Waals surface area contributed by atoms with Crippen molar-refractivity contribution in [3.63, 3.8) is 0 Å². The summed E-state index contributed by atoms with van der Waals surface area (Å²) in [6.07, 6.45) is 2.66. The number of oxazole rings is 1. The van der Waals surface area contributed by atoms with E-state index >= 15 is 0 Å². The van der Waals surface area contributed by atoms with Gasteiger partial charge in [-0.05, 0) is 6.92 Å². The molecule has 0 spiro atoms. The highest BCUT2D eigenvalue weighted by atomic mass is 16.4. The Morgan fingerprint density at radius 3 is 2.92 bits per heavy atom. The number of aryl methyl sites for hydroxylation is 3. The van der Waals surface area contributed by atoms with Crippen molar-refractivity contribution in [3.05, 3.63) is 54.2 Å². The number of aromatic nitrogens is 3. The summed E-state index contributed by atoms with van der Waals surface area (Å²) >= 11 is 0. The van der Waals surface area contributed by atoms with E-state index in [1.165, 1.54) is 0 Å². The van der Waals surface area contributed by atoms with Crippen LogP contribution in [0, 0.1) is 18.3 Å². The van der Waals surface area contributed by atoms with Gasteiger partial charge in [0.25, 0.3) is 0 Å². The molecule has 2 aromatic heterocycles. The SMILES string of the molecule is Cc1cc(NC(=O)CCc2ncc(-c3ccccc3)o2)n(CCC#N)n1. The quantitative estimate of drug-likeness (QED) is 0.705. The van der Waals surface area contributed by atoms with Crippen molar-refractivity contribution in [3.8, 4) is 17.4 Å². The number of hydrogen-bond acceptors (Lipinski definition) is 5. The smallest absolute Gasteiger partial charge is 0.226 e. The maximum atomic E-state index is 12.2. The van der Waals surface area contributed by atoms with E-state index in [1.54, 1.807) is 16.9 Å². The van der Waals surface area contributed by atoms with E-state index in [0.717, 1.165) is 11.3 Å². The van der Waals surface area contributed by atoms with E-state index in [-0.39, 0.29) is 12.3 Å². The van der Waals surface area contributed by atoms with Crippen LogP contribution in [0.4, 0.5) is 5.82 Å². The number of hydrogen-bond donors (Lipinski definition) is 1. The Hall–Kier alpha value is -3.40. The van der Waals surface area contributed by atoms with E-state index in [9.17, 15) is 4.79 Å². The van der Waals surface area contributed by atoms with E-state index in [0.29, 0.717) is 36.9 Å². The van der Waals surface area contributed by atoms with Gasteiger partial charge in [-0.2, -0.15) is 10.4 Å². The number of benzene rings is 1. The predicted molar refractivity (Wildman–Crippen MR) is 96.1 cm³/mol. The van der Waals surface area contributed by atoms with Crippen molar-refractivity contribution in [1.82, 2.24) is 14.8 Å². The molecule has 0 atom stereocenters. The molecular weight excluding hydrogens is 330 g/mol. The van der Waals surface area contributed by atoms with Gasteiger partial charge in [0.1, 0.15) is 5.82 Å². The van der Waals surface area contributed by atoms with Crippen LogP contribution in [-0.2, 0) is 17.8 Å². The van der Waals surface area contributed by atoms with E-state index < -0.39 is 0 Å². The van der Waals surface area contributed by atoms with Crippen LogP contribution in [0.15, 0.2) is 47.0 Å². The van der Waals surface area contributed by atoms with Crippen molar-refractivity contribution >= 4 is 11.7 Å². The fourth-order valence-corrected chi connectivity index (χ4v) is 2.56. The molecule has 0 fully saturated rings. The maximum absolute atomic E-state index is 12.2. The fraction of sp³-hybridized carbons (Fsp3) is 0.263. The highest BCUT2D eigenvalue weighted by Gasteiger charge is 2.12. The number of anilines is 1. The number of amides is 1. The maximum Gasteiger partial charge on any atom is 0.226 e. The number of rotatable bonds is 7. The van der Waals surface area contributed by atoms with Gasteiger partial charge in [0.2, 0.25) is 5.91 Å². The molecule has 7 heteroatoms. The van der Waals surface area contributed by atoms with Crippen molar-refractivity contribution in [1.29, 1.82) is 5.26 Å². The molecule has 0 aliphatic carbocycles. The first kappa shape index (κ1) is 17.4. The molecule has 1 amide bonds. The number of nitrogens with one attached hydrogen (secondary N) is 1. The summed E-state index contributed by atoms with van der Waals surface area (Å²) in [5.41, 5.74) is 1.74. The number of nitrogens with zero attached hydrogens (tertiary/aromatic N) is 4. The largest absolute Gasteiger partial charge is 0.441 e. The Morgan fingerprint density at radius 1 is 1.35 bits per heavy atom. The molecule has 7 nitrogen and oxygen atoms in total. The summed E-state index contributed by atoms with van der Waals surface area (Å²) in [6.45, 7) is 2.29. The zero-order chi connectivity index (χ0) is 18.4. The number of nitriles is 1. The Morgan fingerprint density at radius 2 is 2.15 bits per heavy atom. The lowest BCUT2D eigenvalue weighted by molar-refractivity contribution is -0.116. The molecule has 0 saturated heterocycles. The Labute approximate surface area is 151 Å². The molecule has 132 valence electrons. The van der Waals surface area contributed by atoms with Gasteiger partial charge in [-0.15, -0.1) is 0 Å². The second kappa shape index (κ2) is 8.12. The van der Waals surface area contributed by atoms with E-state index in [1.807, 2.05) is 37.3 Å². The molecule has 0 aliphatic rings. The van der Waals surface area contributed by atoms with Crippen LogP contribution in [0.2, 0.25) is 0 Å². The third kappa shape index (κ3) is 4.36. The fourth-order valence-electron chi connectivity index (χ4n) is 2.56. The highest BCUT2D eigenvalue weighted by Crippen LogP contribution is 2.20. The molecule has 3 aromatic rings. The Balaban J connectivity index is 1.57. The monoisotopic (exact) mass is 349 g/mol. The van der Waals surface area contributed by atoms with Crippen molar-refractivity contribution < 1.29 is 9.21 Å². The topological polar surface area (TPSA) is 96.7 Å². The van der Waals surface area contributed by atoms with Gasteiger partial charge in [-0.25, -0.2) is 9.67 Å². The molecule has 26 heavy (non-hydrogen) atoms. The van der Waals surface area contributed by atoms with Crippen molar-refractivity contribution in [2.75, 3.05) is 5.32 Å². The Bertz CT molecular complexity index is 921. The normalized spacial score (nSPS) is 10.5. The lowest BCUT2D eigenvalue weighted by Gasteiger charge is -2.06. The average Bonchev–Trinajstić information content (AvgIpc) is 3.25. The first-order valence-electron chi connectivity index (χ1n) is 8.37. The standard InChI is InChI=1S/C19H19N5O2/c1-14-12-17(24(23-14)11-5-10-20)22-18(25)8-9-19-21-13-16(26-19)15-6-3-2-4-7-15/h2-4,6-7,12-13H,5,8-9,11H2,1H3,(H,22,25). The van der Waals surface area contributed by atoms with E-state index in [2.05, 4.69) is 21.5 Å². The lowest BCUT2D eigenvalue weighted by Crippen LogP contribution is -2.16. The molecule has 0 radical (unpaired) electrons. The van der Waals surface area contributed by atoms with Crippen LogP contribution >= 0.6 is 0 Å². The van der Waals surface area contributed by atoms with Gasteiger partial charge in [0.15, 0.2) is 11.7 Å². The summed E-state index contributed by atoms with van der Waals surface area (Å²) in [4.78, 5) is 16.4. The van der Waals surface area contributed by atoms with Gasteiger partial charge in [-0.3, -0.25) is 4.79 Å². The summed E-state index contributed by atoms with van der Waals surface area (Å²) in [5.74, 6) is 1.65. The first-order chi connectivity index (χ1) is 12.7. The summed E-state index contributed by atoms with van der Waals surface area (Å²) in [7, 11) is 0. The summed E-state index contributed by atoms with van der Waals surface area (Å²) in [5, 5.41) is 15.8. The number of carbonyl (C=O) groups is 1. The minimum absolute atomic E-state index is 0.150. The summed E-state index contributed by atoms with van der Waals surface area (Å²) < 4.78 is 7.34. The minimum Gasteiger partial charge on any atom is -0.441 e. The van der Waals surface area contributed by atoms with Crippen LogP contribution in [0.1, 0.15) is 24.4 Å². The van der Waals surface area contributed by atoms with Gasteiger partial charge in [0.05, 0.1) is 30.9 Å². The van der Waals surface area contributed by atoms with Crippen LogP contribution in [0.5, 0.6) is 0 Å². The van der Waals surface area contributed by atoms with Crippen molar-refractivity contribution in [2.45, 2.75) is 32.7 Å². The first-order valence-corrected chi connectivity index (χ1v) is 8.37. The molecular formula is C19H19N5O2. The zero-order valence-corrected chi connectivity index (χ0v) is 14.5. The molecule has 0 unspecified atom stereocenters. The van der Waals surface area contributed by atoms with E-state index in [4.69, 9.17) is 9.68 Å². The van der Waals surface area contributed by atoms with Crippen LogP contribution < -0.4 is 5.32 Å². The second-order valence-corrected chi connectivity index (χ2v) is 5.83. The molecule has 0 saturated carbocycles. The molecule has 0 bridgehead atoms. The third-order valence-corrected chi connectivity index (χ3v) is 3.78. The molecule has 0 aliphatic heterocycles. The van der Waals surface area contributed by atoms with Crippen LogP contribution in [0.25, 0.3) is 11.3 Å². The highest BCUT2D eigenvalue weighted by molar-refractivity contribution is 5.90. The third-order valence-electron chi connectivity index (χ3n) is 3.78. The molecule has 3 rings (SSSR count). The predicted octanol–water partition coefficient (Wildman–Crippen LogP) is 3.33. The number of carbonyl (C=O) groups excluding carboxylic acids is 1. The molecule has 1 aromatic carbocycles. The van der Waals surface area contributed by atoms with Gasteiger partial charge in [0, 0.05) is 24.5 Å². The average molecular weight is 349 g/mol. The van der Waals surface area contributed by atoms with Gasteiger partial charge >= 0.3 is 0 Å². The Kier molecular flexibility index (Phi) is 5.44. The summed E-state index contributed by atoms with van der Waals surface area (Å²) in [6, 6.07) is 13.6. The molecule has 1 N–H and O–H groups in total. The minimum atomic E-state index is -0.150. The second-order valence-electron chi connectivity index (χ2n) is 5.83. The zero-order valence-electron chi connectivity index (χ0n) is 14.5. The van der Waals surface area contributed by atoms with Crippen LogP contribution in [0.3, 0.4) is 0 Å². The lowest BCUT2D eigenvalue weighted by atomic mass is 10.2. The van der Waals surface area contributed by atoms with Gasteiger partial charge in [-0.1, -0.05) is 30.3 Å².